The van der Waals surface area contributed by atoms with Gasteiger partial charge < -0.3 is 9.64 Å². The standard InChI is InChI=1S/C11H17NO2/c1-2-10-9(13)5-11(14-10)7-12-4-3-8(11)6-12/h8,10H,2-7H2,1H3/t8-,10+,11-/m0/s1. The molecule has 3 saturated heterocycles. The van der Waals surface area contributed by atoms with Gasteiger partial charge in [0.05, 0.1) is 5.60 Å². The minimum absolute atomic E-state index is 0.0734. The fourth-order valence-electron chi connectivity index (χ4n) is 3.36. The Balaban J connectivity index is 1.83. The number of carbonyl (C=O) groups is 1. The smallest absolute Gasteiger partial charge is 0.164 e. The lowest BCUT2D eigenvalue weighted by Crippen LogP contribution is -2.42. The maximum Gasteiger partial charge on any atom is 0.164 e. The molecule has 3 rings (SSSR count). The zero-order valence-electron chi connectivity index (χ0n) is 8.66. The van der Waals surface area contributed by atoms with Crippen LogP contribution in [0.4, 0.5) is 0 Å². The molecule has 14 heavy (non-hydrogen) atoms. The largest absolute Gasteiger partial charge is 0.362 e. The number of carbonyl (C=O) groups excluding carboxylic acids is 1. The second kappa shape index (κ2) is 2.80. The van der Waals surface area contributed by atoms with E-state index in [0.717, 1.165) is 19.5 Å². The highest BCUT2D eigenvalue weighted by atomic mass is 16.5. The number of piperidine rings is 1. The van der Waals surface area contributed by atoms with Crippen LogP contribution in [0.2, 0.25) is 0 Å². The molecular weight excluding hydrogens is 178 g/mol. The lowest BCUT2D eigenvalue weighted by molar-refractivity contribution is -0.124. The molecule has 78 valence electrons. The maximum absolute atomic E-state index is 11.7. The molecule has 1 spiro atoms. The lowest BCUT2D eigenvalue weighted by atomic mass is 9.85. The summed E-state index contributed by atoms with van der Waals surface area (Å²) in [5, 5.41) is 0. The van der Waals surface area contributed by atoms with E-state index in [1.165, 1.54) is 13.0 Å². The summed E-state index contributed by atoms with van der Waals surface area (Å²) in [4.78, 5) is 14.1. The summed E-state index contributed by atoms with van der Waals surface area (Å²) < 4.78 is 6.01. The number of hydrogen-bond donors (Lipinski definition) is 0. The Kier molecular flexibility index (Phi) is 1.77. The van der Waals surface area contributed by atoms with Crippen LogP contribution in [0, 0.1) is 5.92 Å². The van der Waals surface area contributed by atoms with Crippen molar-refractivity contribution in [2.24, 2.45) is 5.92 Å². The van der Waals surface area contributed by atoms with Crippen molar-refractivity contribution in [3.8, 4) is 0 Å². The first kappa shape index (κ1) is 8.86. The van der Waals surface area contributed by atoms with Gasteiger partial charge in [0.2, 0.25) is 0 Å². The second-order valence-electron chi connectivity index (χ2n) is 4.94. The third-order valence-corrected chi connectivity index (χ3v) is 4.09. The lowest BCUT2D eigenvalue weighted by Gasteiger charge is -2.32. The van der Waals surface area contributed by atoms with E-state index >= 15 is 0 Å². The molecule has 2 bridgehead atoms. The van der Waals surface area contributed by atoms with Crippen LogP contribution in [0.3, 0.4) is 0 Å². The molecule has 3 nitrogen and oxygen atoms in total. The van der Waals surface area contributed by atoms with E-state index in [2.05, 4.69) is 4.90 Å². The van der Waals surface area contributed by atoms with Crippen LogP contribution in [0.25, 0.3) is 0 Å². The van der Waals surface area contributed by atoms with Gasteiger partial charge in [-0.15, -0.1) is 0 Å². The predicted octanol–water partition coefficient (Wildman–Crippen LogP) is 0.829. The molecule has 3 aliphatic rings. The van der Waals surface area contributed by atoms with Gasteiger partial charge in [-0.3, -0.25) is 4.79 Å². The highest BCUT2D eigenvalue weighted by Gasteiger charge is 2.57. The number of Topliss-reactive ketones (excluding diaryl/α,β-unsaturated/α-hetero) is 1. The number of ether oxygens (including phenoxy) is 1. The van der Waals surface area contributed by atoms with E-state index in [1.807, 2.05) is 6.92 Å². The Morgan fingerprint density at radius 1 is 1.64 bits per heavy atom. The van der Waals surface area contributed by atoms with Crippen LogP contribution >= 0.6 is 0 Å². The van der Waals surface area contributed by atoms with Gasteiger partial charge in [0.25, 0.3) is 0 Å². The molecule has 3 heteroatoms. The van der Waals surface area contributed by atoms with Gasteiger partial charge in [0.1, 0.15) is 6.10 Å². The molecule has 0 aliphatic carbocycles. The van der Waals surface area contributed by atoms with Crippen molar-refractivity contribution in [3.05, 3.63) is 0 Å². The molecule has 3 heterocycles. The Labute approximate surface area is 84.4 Å². The first-order valence-electron chi connectivity index (χ1n) is 5.66. The van der Waals surface area contributed by atoms with Gasteiger partial charge in [0, 0.05) is 25.4 Å². The molecule has 0 amide bonds. The van der Waals surface area contributed by atoms with Crippen LogP contribution in [0.1, 0.15) is 26.2 Å². The summed E-state index contributed by atoms with van der Waals surface area (Å²) in [5.41, 5.74) is -0.0734. The van der Waals surface area contributed by atoms with Crippen LogP contribution in [0.5, 0.6) is 0 Å². The monoisotopic (exact) mass is 195 g/mol. The molecule has 0 N–H and O–H groups in total. The zero-order chi connectivity index (χ0) is 9.76. The molecule has 0 radical (unpaired) electrons. The Bertz CT molecular complexity index is 278. The van der Waals surface area contributed by atoms with Gasteiger partial charge in [0.15, 0.2) is 5.78 Å². The Hall–Kier alpha value is -0.410. The van der Waals surface area contributed by atoms with Gasteiger partial charge >= 0.3 is 0 Å². The van der Waals surface area contributed by atoms with Crippen molar-refractivity contribution in [3.63, 3.8) is 0 Å². The van der Waals surface area contributed by atoms with E-state index in [1.54, 1.807) is 0 Å². The summed E-state index contributed by atoms with van der Waals surface area (Å²) >= 11 is 0. The van der Waals surface area contributed by atoms with Gasteiger partial charge in [-0.2, -0.15) is 0 Å². The molecule has 0 aromatic heterocycles. The average molecular weight is 195 g/mol. The van der Waals surface area contributed by atoms with Crippen molar-refractivity contribution >= 4 is 5.78 Å². The molecule has 0 aromatic carbocycles. The van der Waals surface area contributed by atoms with E-state index in [-0.39, 0.29) is 11.7 Å². The summed E-state index contributed by atoms with van der Waals surface area (Å²) in [6, 6.07) is 0. The molecule has 0 saturated carbocycles. The number of ketones is 1. The van der Waals surface area contributed by atoms with Gasteiger partial charge in [-0.1, -0.05) is 6.92 Å². The molecule has 4 atom stereocenters. The molecular formula is C11H17NO2. The summed E-state index contributed by atoms with van der Waals surface area (Å²) in [6.07, 6.45) is 2.64. The quantitative estimate of drug-likeness (QED) is 0.620. The van der Waals surface area contributed by atoms with Gasteiger partial charge in [-0.25, -0.2) is 0 Å². The highest BCUT2D eigenvalue weighted by molar-refractivity contribution is 5.86. The van der Waals surface area contributed by atoms with Crippen molar-refractivity contribution in [2.75, 3.05) is 19.6 Å². The SMILES string of the molecule is CC[C@H]1O[C@@]2(CC1=O)CN1CC[C@H]2C1. The Morgan fingerprint density at radius 2 is 2.50 bits per heavy atom. The van der Waals surface area contributed by atoms with Crippen LogP contribution < -0.4 is 0 Å². The number of hydrogen-bond acceptors (Lipinski definition) is 3. The van der Waals surface area contributed by atoms with Gasteiger partial charge in [-0.05, 0) is 19.4 Å². The minimum atomic E-state index is -0.101. The van der Waals surface area contributed by atoms with Crippen molar-refractivity contribution in [1.82, 2.24) is 4.90 Å². The minimum Gasteiger partial charge on any atom is -0.362 e. The topological polar surface area (TPSA) is 29.5 Å². The van der Waals surface area contributed by atoms with Crippen molar-refractivity contribution in [2.45, 2.75) is 37.9 Å². The van der Waals surface area contributed by atoms with E-state index in [9.17, 15) is 4.79 Å². The summed E-state index contributed by atoms with van der Waals surface area (Å²) in [7, 11) is 0. The zero-order valence-corrected chi connectivity index (χ0v) is 8.66. The normalized spacial score (nSPS) is 50.9. The molecule has 0 aromatic rings. The molecule has 1 unspecified atom stereocenters. The van der Waals surface area contributed by atoms with Crippen molar-refractivity contribution in [1.29, 1.82) is 0 Å². The fraction of sp³-hybridized carbons (Fsp3) is 0.909. The van der Waals surface area contributed by atoms with Crippen molar-refractivity contribution < 1.29 is 9.53 Å². The number of nitrogens with zero attached hydrogens (tertiary/aromatic N) is 1. The summed E-state index contributed by atoms with van der Waals surface area (Å²) in [5.74, 6) is 0.962. The van der Waals surface area contributed by atoms with Crippen LogP contribution in [-0.4, -0.2) is 42.0 Å². The maximum atomic E-state index is 11.7. The van der Waals surface area contributed by atoms with Crippen LogP contribution in [0.15, 0.2) is 0 Å². The first-order chi connectivity index (χ1) is 6.73. The summed E-state index contributed by atoms with van der Waals surface area (Å²) in [6.45, 7) is 5.40. The molecule has 3 fully saturated rings. The van der Waals surface area contributed by atoms with E-state index in [0.29, 0.717) is 18.1 Å². The predicted molar refractivity (Wildman–Crippen MR) is 52.1 cm³/mol. The van der Waals surface area contributed by atoms with E-state index < -0.39 is 0 Å². The highest BCUT2D eigenvalue weighted by Crippen LogP contribution is 2.45. The molecule has 3 aliphatic heterocycles. The third kappa shape index (κ3) is 1.03. The third-order valence-electron chi connectivity index (χ3n) is 4.09. The number of fused-ring (bicyclic) bond motifs is 3. The Morgan fingerprint density at radius 3 is 3.00 bits per heavy atom. The number of rotatable bonds is 1. The average Bonchev–Trinajstić information content (AvgIpc) is 2.80. The first-order valence-corrected chi connectivity index (χ1v) is 5.66. The van der Waals surface area contributed by atoms with E-state index in [4.69, 9.17) is 4.74 Å². The second-order valence-corrected chi connectivity index (χ2v) is 4.94. The van der Waals surface area contributed by atoms with Crippen LogP contribution in [-0.2, 0) is 9.53 Å². The fourth-order valence-corrected chi connectivity index (χ4v) is 3.36.